The quantitative estimate of drug-likeness (QED) is 0.847. The van der Waals surface area contributed by atoms with Crippen molar-refractivity contribution >= 4 is 23.3 Å². The van der Waals surface area contributed by atoms with E-state index in [4.69, 9.17) is 16.3 Å². The van der Waals surface area contributed by atoms with Gasteiger partial charge in [-0.05, 0) is 39.0 Å². The summed E-state index contributed by atoms with van der Waals surface area (Å²) in [5.41, 5.74) is -0.0842. The van der Waals surface area contributed by atoms with Crippen molar-refractivity contribution in [3.8, 4) is 0 Å². The van der Waals surface area contributed by atoms with E-state index in [9.17, 15) is 9.18 Å². The molecule has 17 heavy (non-hydrogen) atoms. The molecule has 0 fully saturated rings. The van der Waals surface area contributed by atoms with E-state index < -0.39 is 17.4 Å². The van der Waals surface area contributed by atoms with E-state index >= 15 is 0 Å². The summed E-state index contributed by atoms with van der Waals surface area (Å²) in [6, 6.07) is 3.99. The fourth-order valence-corrected chi connectivity index (χ4v) is 1.43. The van der Waals surface area contributed by atoms with Crippen LogP contribution in [0.4, 0.5) is 10.1 Å². The molecule has 1 rings (SSSR count). The van der Waals surface area contributed by atoms with Crippen LogP contribution in [0.25, 0.3) is 0 Å². The van der Waals surface area contributed by atoms with Gasteiger partial charge in [-0.25, -0.2) is 4.39 Å². The lowest BCUT2D eigenvalue weighted by atomic mass is 10.2. The van der Waals surface area contributed by atoms with Crippen LogP contribution in [0.3, 0.4) is 0 Å². The van der Waals surface area contributed by atoms with Crippen LogP contribution < -0.4 is 5.32 Å². The zero-order valence-corrected chi connectivity index (χ0v) is 10.8. The first-order chi connectivity index (χ1) is 7.76. The summed E-state index contributed by atoms with van der Waals surface area (Å²) in [5, 5.41) is 3.02. The second kappa shape index (κ2) is 5.36. The predicted octanol–water partition coefficient (Wildman–Crippen LogP) is 3.23. The first-order valence-electron chi connectivity index (χ1n) is 5.18. The largest absolute Gasteiger partial charge is 0.459 e. The number of carbonyl (C=O) groups is 1. The minimum Gasteiger partial charge on any atom is -0.459 e. The average molecular weight is 260 g/mol. The van der Waals surface area contributed by atoms with Crippen LogP contribution in [-0.4, -0.2) is 18.1 Å². The van der Waals surface area contributed by atoms with E-state index in [-0.39, 0.29) is 11.6 Å². The van der Waals surface area contributed by atoms with Gasteiger partial charge in [-0.3, -0.25) is 4.79 Å². The third-order valence-electron chi connectivity index (χ3n) is 1.72. The SMILES string of the molecule is CC(C)(C)OC(=O)CNc1cc(F)cc(Cl)c1. The van der Waals surface area contributed by atoms with E-state index in [0.717, 1.165) is 0 Å². The molecule has 0 saturated carbocycles. The normalized spacial score (nSPS) is 11.1. The van der Waals surface area contributed by atoms with Crippen molar-refractivity contribution in [2.75, 3.05) is 11.9 Å². The molecule has 0 aromatic heterocycles. The molecule has 1 N–H and O–H groups in total. The second-order valence-corrected chi connectivity index (χ2v) is 5.03. The van der Waals surface area contributed by atoms with Crippen LogP contribution in [0.15, 0.2) is 18.2 Å². The Morgan fingerprint density at radius 2 is 2.06 bits per heavy atom. The predicted molar refractivity (Wildman–Crippen MR) is 65.7 cm³/mol. The van der Waals surface area contributed by atoms with Gasteiger partial charge in [-0.1, -0.05) is 11.6 Å². The molecule has 1 aromatic carbocycles. The Balaban J connectivity index is 2.53. The number of esters is 1. The van der Waals surface area contributed by atoms with E-state index in [2.05, 4.69) is 5.32 Å². The highest BCUT2D eigenvalue weighted by atomic mass is 35.5. The molecule has 1 aromatic rings. The summed E-state index contributed by atoms with van der Waals surface area (Å²) in [7, 11) is 0. The van der Waals surface area contributed by atoms with Crippen LogP contribution in [0.1, 0.15) is 20.8 Å². The summed E-state index contributed by atoms with van der Waals surface area (Å²) < 4.78 is 18.1. The number of carbonyl (C=O) groups excluding carboxylic acids is 1. The van der Waals surface area contributed by atoms with Gasteiger partial charge in [0.05, 0.1) is 0 Å². The van der Waals surface area contributed by atoms with Crippen molar-refractivity contribution in [3.63, 3.8) is 0 Å². The van der Waals surface area contributed by atoms with Gasteiger partial charge in [0.15, 0.2) is 0 Å². The molecule has 0 aliphatic heterocycles. The Morgan fingerprint density at radius 1 is 1.41 bits per heavy atom. The first kappa shape index (κ1) is 13.8. The standard InChI is InChI=1S/C12H15ClFNO2/c1-12(2,3)17-11(16)7-15-10-5-8(13)4-9(14)6-10/h4-6,15H,7H2,1-3H3. The van der Waals surface area contributed by atoms with Crippen molar-refractivity contribution in [2.24, 2.45) is 0 Å². The third kappa shape index (κ3) is 5.54. The molecule has 0 aliphatic carbocycles. The topological polar surface area (TPSA) is 38.3 Å². The lowest BCUT2D eigenvalue weighted by Gasteiger charge is -2.19. The Hall–Kier alpha value is -1.29. The van der Waals surface area contributed by atoms with Gasteiger partial charge in [0.2, 0.25) is 0 Å². The number of anilines is 1. The van der Waals surface area contributed by atoms with Crippen molar-refractivity contribution in [3.05, 3.63) is 29.0 Å². The first-order valence-corrected chi connectivity index (χ1v) is 5.56. The molecule has 0 amide bonds. The molecular formula is C12H15ClFNO2. The highest BCUT2D eigenvalue weighted by molar-refractivity contribution is 6.30. The summed E-state index contributed by atoms with van der Waals surface area (Å²) in [6.07, 6.45) is 0. The van der Waals surface area contributed by atoms with Crippen molar-refractivity contribution in [1.82, 2.24) is 0 Å². The van der Waals surface area contributed by atoms with Gasteiger partial charge in [-0.15, -0.1) is 0 Å². The fourth-order valence-electron chi connectivity index (χ4n) is 1.21. The summed E-state index contributed by atoms with van der Waals surface area (Å²) >= 11 is 5.68. The molecule has 5 heteroatoms. The minimum absolute atomic E-state index is 0.0307. The second-order valence-electron chi connectivity index (χ2n) is 4.60. The van der Waals surface area contributed by atoms with Crippen molar-refractivity contribution < 1.29 is 13.9 Å². The third-order valence-corrected chi connectivity index (χ3v) is 1.94. The number of benzene rings is 1. The van der Waals surface area contributed by atoms with Gasteiger partial charge in [-0.2, -0.15) is 0 Å². The average Bonchev–Trinajstić information content (AvgIpc) is 2.10. The molecule has 0 bridgehead atoms. The van der Waals surface area contributed by atoms with E-state index in [1.54, 1.807) is 20.8 Å². The molecule has 0 spiro atoms. The molecule has 3 nitrogen and oxygen atoms in total. The van der Waals surface area contributed by atoms with Crippen LogP contribution >= 0.6 is 11.6 Å². The van der Waals surface area contributed by atoms with Crippen molar-refractivity contribution in [1.29, 1.82) is 0 Å². The molecule has 0 unspecified atom stereocenters. The molecule has 0 atom stereocenters. The summed E-state index contributed by atoms with van der Waals surface area (Å²) in [6.45, 7) is 5.31. The molecule has 94 valence electrons. The molecule has 0 saturated heterocycles. The van der Waals surface area contributed by atoms with Crippen LogP contribution in [0.5, 0.6) is 0 Å². The maximum atomic E-state index is 13.0. The Kier molecular flexibility index (Phi) is 4.34. The van der Waals surface area contributed by atoms with E-state index in [1.165, 1.54) is 18.2 Å². The zero-order valence-electron chi connectivity index (χ0n) is 10.0. The number of rotatable bonds is 3. The Labute approximate surface area is 105 Å². The van der Waals surface area contributed by atoms with E-state index in [0.29, 0.717) is 5.69 Å². The van der Waals surface area contributed by atoms with Crippen molar-refractivity contribution in [2.45, 2.75) is 26.4 Å². The lowest BCUT2D eigenvalue weighted by Crippen LogP contribution is -2.28. The highest BCUT2D eigenvalue weighted by Gasteiger charge is 2.15. The van der Waals surface area contributed by atoms with Gasteiger partial charge in [0.25, 0.3) is 0 Å². The number of hydrogen-bond donors (Lipinski definition) is 1. The monoisotopic (exact) mass is 259 g/mol. The van der Waals surface area contributed by atoms with E-state index in [1.807, 2.05) is 0 Å². The number of ether oxygens (including phenoxy) is 1. The van der Waals surface area contributed by atoms with Crippen LogP contribution in [0, 0.1) is 5.82 Å². The fraction of sp³-hybridized carbons (Fsp3) is 0.417. The Morgan fingerprint density at radius 3 is 2.59 bits per heavy atom. The van der Waals surface area contributed by atoms with Gasteiger partial charge in [0.1, 0.15) is 18.0 Å². The maximum absolute atomic E-state index is 13.0. The molecule has 0 aliphatic rings. The molecule has 0 radical (unpaired) electrons. The summed E-state index contributed by atoms with van der Waals surface area (Å²) in [4.78, 5) is 11.4. The Bertz CT molecular complexity index is 395. The maximum Gasteiger partial charge on any atom is 0.325 e. The van der Waals surface area contributed by atoms with Gasteiger partial charge < -0.3 is 10.1 Å². The van der Waals surface area contributed by atoms with Crippen LogP contribution in [-0.2, 0) is 9.53 Å². The number of halogens is 2. The number of nitrogens with one attached hydrogen (secondary N) is 1. The molecular weight excluding hydrogens is 245 g/mol. The molecule has 0 heterocycles. The zero-order chi connectivity index (χ0) is 13.1. The van der Waals surface area contributed by atoms with Gasteiger partial charge >= 0.3 is 5.97 Å². The lowest BCUT2D eigenvalue weighted by molar-refractivity contribution is -0.152. The van der Waals surface area contributed by atoms with Crippen LogP contribution in [0.2, 0.25) is 5.02 Å². The smallest absolute Gasteiger partial charge is 0.325 e. The highest BCUT2D eigenvalue weighted by Crippen LogP contribution is 2.18. The summed E-state index contributed by atoms with van der Waals surface area (Å²) in [5.74, 6) is -0.859. The number of hydrogen-bond acceptors (Lipinski definition) is 3. The minimum atomic E-state index is -0.529. The van der Waals surface area contributed by atoms with Gasteiger partial charge in [0, 0.05) is 10.7 Å².